The zero-order valence-electron chi connectivity index (χ0n) is 10.3. The summed E-state index contributed by atoms with van der Waals surface area (Å²) >= 11 is 0. The molecule has 0 aliphatic heterocycles. The molecule has 0 unspecified atom stereocenters. The van der Waals surface area contributed by atoms with Crippen LogP contribution in [0.4, 0.5) is 4.39 Å². The van der Waals surface area contributed by atoms with E-state index in [4.69, 9.17) is 0 Å². The monoisotopic (exact) mass is 246 g/mol. The molecule has 0 aromatic heterocycles. The molecule has 94 valence electrons. The van der Waals surface area contributed by atoms with E-state index in [1.165, 1.54) is 7.11 Å². The molecule has 0 radical (unpaired) electrons. The first-order valence-corrected chi connectivity index (χ1v) is 5.94. The maximum absolute atomic E-state index is 13.8. The van der Waals surface area contributed by atoms with Crippen molar-refractivity contribution in [2.24, 2.45) is 0 Å². The van der Waals surface area contributed by atoms with Crippen molar-refractivity contribution < 1.29 is 13.9 Å². The third-order valence-corrected chi connectivity index (χ3v) is 2.95. The highest BCUT2D eigenvalue weighted by Gasteiger charge is 2.05. The molecule has 2 aromatic carbocycles. The average Bonchev–Trinajstić information content (AvgIpc) is 2.38. The van der Waals surface area contributed by atoms with Crippen LogP contribution in [0.5, 0.6) is 0 Å². The van der Waals surface area contributed by atoms with E-state index in [9.17, 15) is 9.18 Å². The van der Waals surface area contributed by atoms with Gasteiger partial charge in [-0.05, 0) is 29.9 Å². The molecule has 0 amide bonds. The second-order valence-corrected chi connectivity index (χ2v) is 4.23. The number of methoxy groups -OCH3 is 1. The summed E-state index contributed by atoms with van der Waals surface area (Å²) in [6.45, 7) is 0. The summed E-state index contributed by atoms with van der Waals surface area (Å²) in [5.41, 5.74) is 0.912. The molecule has 2 nitrogen and oxygen atoms in total. The molecule has 0 fully saturated rings. The van der Waals surface area contributed by atoms with Gasteiger partial charge in [0.05, 0.1) is 7.11 Å². The van der Waals surface area contributed by atoms with Gasteiger partial charge in [0.2, 0.25) is 0 Å². The van der Waals surface area contributed by atoms with Gasteiger partial charge in [0.15, 0.2) is 0 Å². The fraction of sp³-hybridized carbons (Fsp3) is 0.267. The van der Waals surface area contributed by atoms with E-state index in [-0.39, 0.29) is 11.8 Å². The standard InChI is InChI=1S/C15H15FO2/c1-18-15(17)8-4-5-11-9-12-6-2-3-7-13(12)14(16)10-11/h2-3,6-7,9-10H,4-5,8H2,1H3. The normalized spacial score (nSPS) is 10.6. The van der Waals surface area contributed by atoms with Gasteiger partial charge < -0.3 is 4.74 Å². The number of aryl methyl sites for hydroxylation is 1. The largest absolute Gasteiger partial charge is 0.469 e. The number of hydrogen-bond donors (Lipinski definition) is 0. The van der Waals surface area contributed by atoms with Crippen molar-refractivity contribution in [1.29, 1.82) is 0 Å². The molecule has 0 aliphatic rings. The number of ether oxygens (including phenoxy) is 1. The molecule has 0 aliphatic carbocycles. The van der Waals surface area contributed by atoms with Crippen LogP contribution < -0.4 is 0 Å². The van der Waals surface area contributed by atoms with Crippen molar-refractivity contribution in [3.05, 3.63) is 47.8 Å². The summed E-state index contributed by atoms with van der Waals surface area (Å²) in [6.07, 6.45) is 1.71. The minimum absolute atomic E-state index is 0.207. The van der Waals surface area contributed by atoms with Crippen LogP contribution in [0.25, 0.3) is 10.8 Å². The maximum Gasteiger partial charge on any atom is 0.305 e. The Morgan fingerprint density at radius 1 is 1.28 bits per heavy atom. The molecular weight excluding hydrogens is 231 g/mol. The number of carbonyl (C=O) groups excluding carboxylic acids is 1. The molecule has 0 bridgehead atoms. The van der Waals surface area contributed by atoms with E-state index in [1.807, 2.05) is 24.3 Å². The van der Waals surface area contributed by atoms with E-state index in [2.05, 4.69) is 4.74 Å². The highest BCUT2D eigenvalue weighted by Crippen LogP contribution is 2.20. The van der Waals surface area contributed by atoms with Crippen molar-refractivity contribution >= 4 is 16.7 Å². The number of hydrogen-bond acceptors (Lipinski definition) is 2. The molecule has 3 heteroatoms. The number of fused-ring (bicyclic) bond motifs is 1. The van der Waals surface area contributed by atoms with Crippen LogP contribution in [0.1, 0.15) is 18.4 Å². The van der Waals surface area contributed by atoms with Crippen LogP contribution >= 0.6 is 0 Å². The van der Waals surface area contributed by atoms with Crippen LogP contribution in [0.2, 0.25) is 0 Å². The fourth-order valence-corrected chi connectivity index (χ4v) is 2.01. The van der Waals surface area contributed by atoms with Crippen LogP contribution in [-0.4, -0.2) is 13.1 Å². The molecule has 18 heavy (non-hydrogen) atoms. The third kappa shape index (κ3) is 2.86. The van der Waals surface area contributed by atoms with Crippen molar-refractivity contribution in [1.82, 2.24) is 0 Å². The first kappa shape index (κ1) is 12.6. The summed E-state index contributed by atoms with van der Waals surface area (Å²) in [7, 11) is 1.37. The van der Waals surface area contributed by atoms with Crippen molar-refractivity contribution in [3.63, 3.8) is 0 Å². The summed E-state index contributed by atoms with van der Waals surface area (Å²) in [4.78, 5) is 11.0. The number of halogens is 1. The second-order valence-electron chi connectivity index (χ2n) is 4.23. The minimum Gasteiger partial charge on any atom is -0.469 e. The molecular formula is C15H15FO2. The van der Waals surface area contributed by atoms with Gasteiger partial charge in [-0.2, -0.15) is 0 Å². The molecule has 0 saturated heterocycles. The van der Waals surface area contributed by atoms with Gasteiger partial charge in [0.1, 0.15) is 5.82 Å². The van der Waals surface area contributed by atoms with Gasteiger partial charge in [0, 0.05) is 11.8 Å². The van der Waals surface area contributed by atoms with Crippen LogP contribution in [0.3, 0.4) is 0 Å². The Morgan fingerprint density at radius 2 is 2.06 bits per heavy atom. The van der Waals surface area contributed by atoms with Gasteiger partial charge >= 0.3 is 5.97 Å². The number of benzene rings is 2. The Kier molecular flexibility index (Phi) is 3.92. The average molecular weight is 246 g/mol. The second kappa shape index (κ2) is 5.63. The zero-order valence-corrected chi connectivity index (χ0v) is 10.3. The topological polar surface area (TPSA) is 26.3 Å². The van der Waals surface area contributed by atoms with Gasteiger partial charge in [-0.3, -0.25) is 4.79 Å². The summed E-state index contributed by atoms with van der Waals surface area (Å²) < 4.78 is 18.4. The highest BCUT2D eigenvalue weighted by atomic mass is 19.1. The fourth-order valence-electron chi connectivity index (χ4n) is 2.01. The minimum atomic E-state index is -0.226. The molecule has 0 saturated carbocycles. The van der Waals surface area contributed by atoms with E-state index >= 15 is 0 Å². The Balaban J connectivity index is 2.12. The van der Waals surface area contributed by atoms with Crippen LogP contribution in [0.15, 0.2) is 36.4 Å². The molecule has 2 rings (SSSR count). The van der Waals surface area contributed by atoms with Gasteiger partial charge in [0.25, 0.3) is 0 Å². The van der Waals surface area contributed by atoms with E-state index in [0.29, 0.717) is 24.6 Å². The van der Waals surface area contributed by atoms with Crippen LogP contribution in [0, 0.1) is 5.82 Å². The highest BCUT2D eigenvalue weighted by molar-refractivity contribution is 5.83. The lowest BCUT2D eigenvalue weighted by molar-refractivity contribution is -0.140. The molecule has 2 aromatic rings. The van der Waals surface area contributed by atoms with E-state index < -0.39 is 0 Å². The Hall–Kier alpha value is -1.90. The molecule has 0 N–H and O–H groups in total. The zero-order chi connectivity index (χ0) is 13.0. The number of carbonyl (C=O) groups is 1. The van der Waals surface area contributed by atoms with Gasteiger partial charge in [-0.25, -0.2) is 4.39 Å². The van der Waals surface area contributed by atoms with Crippen molar-refractivity contribution in [2.75, 3.05) is 7.11 Å². The number of rotatable bonds is 4. The SMILES string of the molecule is COC(=O)CCCc1cc(F)c2ccccc2c1. The smallest absolute Gasteiger partial charge is 0.305 e. The first-order valence-electron chi connectivity index (χ1n) is 5.94. The predicted octanol–water partition coefficient (Wildman–Crippen LogP) is 3.47. The lowest BCUT2D eigenvalue weighted by atomic mass is 10.0. The summed E-state index contributed by atoms with van der Waals surface area (Å²) in [5.74, 6) is -0.433. The van der Waals surface area contributed by atoms with E-state index in [0.717, 1.165) is 10.9 Å². The Bertz CT molecular complexity index is 563. The predicted molar refractivity (Wildman–Crippen MR) is 68.9 cm³/mol. The lowest BCUT2D eigenvalue weighted by Gasteiger charge is -2.05. The Labute approximate surface area is 105 Å². The molecule has 0 heterocycles. The lowest BCUT2D eigenvalue weighted by Crippen LogP contribution is -2.00. The number of esters is 1. The van der Waals surface area contributed by atoms with Crippen LogP contribution in [-0.2, 0) is 16.0 Å². The third-order valence-electron chi connectivity index (χ3n) is 2.95. The summed E-state index contributed by atoms with van der Waals surface area (Å²) in [6, 6.07) is 10.9. The van der Waals surface area contributed by atoms with Crippen molar-refractivity contribution in [3.8, 4) is 0 Å². The first-order chi connectivity index (χ1) is 8.70. The van der Waals surface area contributed by atoms with Gasteiger partial charge in [-0.1, -0.05) is 30.3 Å². The quantitative estimate of drug-likeness (QED) is 0.772. The van der Waals surface area contributed by atoms with E-state index in [1.54, 1.807) is 12.1 Å². The van der Waals surface area contributed by atoms with Crippen molar-refractivity contribution in [2.45, 2.75) is 19.3 Å². The summed E-state index contributed by atoms with van der Waals surface area (Å²) in [5, 5.41) is 1.53. The molecule has 0 spiro atoms. The Morgan fingerprint density at radius 3 is 2.83 bits per heavy atom. The molecule has 0 atom stereocenters. The van der Waals surface area contributed by atoms with Gasteiger partial charge in [-0.15, -0.1) is 0 Å². The maximum atomic E-state index is 13.8.